The molecule has 3 aromatic carbocycles. The van der Waals surface area contributed by atoms with Crippen LogP contribution >= 0.6 is 23.4 Å². The van der Waals surface area contributed by atoms with E-state index in [4.69, 9.17) is 11.6 Å². The Labute approximate surface area is 200 Å². The molecule has 3 aromatic rings. The van der Waals surface area contributed by atoms with Crippen molar-refractivity contribution < 1.29 is 14.4 Å². The fourth-order valence-corrected chi connectivity index (χ4v) is 5.94. The van der Waals surface area contributed by atoms with Crippen molar-refractivity contribution in [1.29, 1.82) is 0 Å². The van der Waals surface area contributed by atoms with E-state index in [0.29, 0.717) is 27.6 Å². The minimum Gasteiger partial charge on any atom is -0.324 e. The van der Waals surface area contributed by atoms with Gasteiger partial charge in [-0.2, -0.15) is 0 Å². The normalized spacial score (nSPS) is 19.3. The van der Waals surface area contributed by atoms with Gasteiger partial charge in [-0.05, 0) is 48.9 Å². The number of fused-ring (bicyclic) bond motifs is 2. The summed E-state index contributed by atoms with van der Waals surface area (Å²) in [6.45, 7) is 1.77. The maximum absolute atomic E-state index is 14.0. The number of amides is 3. The molecule has 0 radical (unpaired) electrons. The molecule has 1 saturated heterocycles. The Bertz CT molecular complexity index is 1300. The van der Waals surface area contributed by atoms with Crippen molar-refractivity contribution >= 4 is 58.1 Å². The Morgan fingerprint density at radius 3 is 2.64 bits per heavy atom. The van der Waals surface area contributed by atoms with E-state index >= 15 is 0 Å². The van der Waals surface area contributed by atoms with Gasteiger partial charge < -0.3 is 5.32 Å². The first kappa shape index (κ1) is 21.6. The standard InChI is InChI=1S/C25H20ClN3O3S/c1-16-6-4-9-19(12-16)29-23(31)15-33-25(29)20-10-2-3-11-21(20)28(24(25)32)14-22(30)27-18-8-5-7-17(26)13-18/h2-13H,14-15H2,1H3,(H,27,30). The first-order valence-electron chi connectivity index (χ1n) is 10.4. The van der Waals surface area contributed by atoms with Gasteiger partial charge in [0, 0.05) is 22.0 Å². The lowest BCUT2D eigenvalue weighted by molar-refractivity contribution is -0.124. The van der Waals surface area contributed by atoms with E-state index in [0.717, 1.165) is 5.56 Å². The molecule has 1 N–H and O–H groups in total. The Morgan fingerprint density at radius 2 is 1.85 bits per heavy atom. The van der Waals surface area contributed by atoms with Crippen molar-refractivity contribution in [3.05, 3.63) is 88.9 Å². The molecule has 0 aromatic heterocycles. The zero-order valence-electron chi connectivity index (χ0n) is 17.7. The topological polar surface area (TPSA) is 69.7 Å². The van der Waals surface area contributed by atoms with E-state index in [1.54, 1.807) is 29.2 Å². The van der Waals surface area contributed by atoms with E-state index in [9.17, 15) is 14.4 Å². The van der Waals surface area contributed by atoms with E-state index in [-0.39, 0.29) is 30.0 Å². The molecule has 1 spiro atoms. The molecule has 0 aliphatic carbocycles. The van der Waals surface area contributed by atoms with Gasteiger partial charge in [-0.1, -0.05) is 48.0 Å². The SMILES string of the molecule is Cc1cccc(N2C(=O)CSC23C(=O)N(CC(=O)Nc2cccc(Cl)c2)c2ccccc23)c1. The Hall–Kier alpha value is -3.29. The second-order valence-electron chi connectivity index (χ2n) is 7.97. The van der Waals surface area contributed by atoms with Crippen molar-refractivity contribution in [2.24, 2.45) is 0 Å². The Morgan fingerprint density at radius 1 is 1.06 bits per heavy atom. The van der Waals surface area contributed by atoms with E-state index < -0.39 is 4.87 Å². The smallest absolute Gasteiger partial charge is 0.269 e. The second kappa shape index (κ2) is 8.24. The Kier molecular flexibility index (Phi) is 5.38. The summed E-state index contributed by atoms with van der Waals surface area (Å²) in [4.78, 5) is 41.7. The summed E-state index contributed by atoms with van der Waals surface area (Å²) in [5.74, 6) is -0.619. The van der Waals surface area contributed by atoms with Gasteiger partial charge in [-0.15, -0.1) is 11.8 Å². The first-order chi connectivity index (χ1) is 15.9. The Balaban J connectivity index is 1.52. The number of aryl methyl sites for hydroxylation is 1. The number of hydrogen-bond acceptors (Lipinski definition) is 4. The molecule has 33 heavy (non-hydrogen) atoms. The van der Waals surface area contributed by atoms with E-state index in [2.05, 4.69) is 5.32 Å². The van der Waals surface area contributed by atoms with Crippen LogP contribution in [0.4, 0.5) is 17.1 Å². The van der Waals surface area contributed by atoms with Gasteiger partial charge in [0.1, 0.15) is 6.54 Å². The lowest BCUT2D eigenvalue weighted by Gasteiger charge is -2.33. The van der Waals surface area contributed by atoms with Gasteiger partial charge in [0.25, 0.3) is 5.91 Å². The zero-order valence-corrected chi connectivity index (χ0v) is 19.3. The molecule has 166 valence electrons. The summed E-state index contributed by atoms with van der Waals surface area (Å²) in [5.41, 5.74) is 3.54. The average molecular weight is 478 g/mol. The van der Waals surface area contributed by atoms with Gasteiger partial charge in [-0.3, -0.25) is 24.2 Å². The lowest BCUT2D eigenvalue weighted by atomic mass is 10.0. The van der Waals surface area contributed by atoms with Gasteiger partial charge >= 0.3 is 0 Å². The van der Waals surface area contributed by atoms with Gasteiger partial charge in [0.15, 0.2) is 0 Å². The third kappa shape index (κ3) is 3.57. The molecule has 2 aliphatic heterocycles. The highest BCUT2D eigenvalue weighted by molar-refractivity contribution is 8.02. The maximum Gasteiger partial charge on any atom is 0.269 e. The predicted molar refractivity (Wildman–Crippen MR) is 132 cm³/mol. The molecule has 8 heteroatoms. The molecule has 0 saturated carbocycles. The molecule has 1 fully saturated rings. The van der Waals surface area contributed by atoms with Crippen molar-refractivity contribution in [2.75, 3.05) is 27.4 Å². The third-order valence-corrected chi connectivity index (χ3v) is 7.36. The summed E-state index contributed by atoms with van der Waals surface area (Å²) >= 11 is 7.31. The average Bonchev–Trinajstić information content (AvgIpc) is 3.25. The number of anilines is 3. The third-order valence-electron chi connectivity index (χ3n) is 5.73. The number of nitrogens with one attached hydrogen (secondary N) is 1. The van der Waals surface area contributed by atoms with E-state index in [1.807, 2.05) is 55.5 Å². The number of benzene rings is 3. The molecule has 3 amide bonds. The minimum absolute atomic E-state index is 0.140. The van der Waals surface area contributed by atoms with Crippen LogP contribution < -0.4 is 15.1 Å². The van der Waals surface area contributed by atoms with Crippen LogP contribution in [-0.4, -0.2) is 30.0 Å². The second-order valence-corrected chi connectivity index (χ2v) is 9.57. The van der Waals surface area contributed by atoms with Crippen LogP contribution in [0.3, 0.4) is 0 Å². The molecular formula is C25H20ClN3O3S. The lowest BCUT2D eigenvalue weighted by Crippen LogP contribution is -2.50. The molecule has 2 aliphatic rings. The predicted octanol–water partition coefficient (Wildman–Crippen LogP) is 4.57. The van der Waals surface area contributed by atoms with Crippen molar-refractivity contribution in [3.8, 4) is 0 Å². The monoisotopic (exact) mass is 477 g/mol. The van der Waals surface area contributed by atoms with E-state index in [1.165, 1.54) is 16.7 Å². The zero-order chi connectivity index (χ0) is 23.2. The fraction of sp³-hybridized carbons (Fsp3) is 0.160. The molecule has 1 atom stereocenters. The van der Waals surface area contributed by atoms with Crippen molar-refractivity contribution in [1.82, 2.24) is 0 Å². The highest BCUT2D eigenvalue weighted by Crippen LogP contribution is 2.55. The summed E-state index contributed by atoms with van der Waals surface area (Å²) in [5, 5.41) is 3.30. The summed E-state index contributed by atoms with van der Waals surface area (Å²) < 4.78 is 0. The van der Waals surface area contributed by atoms with Crippen LogP contribution in [0.2, 0.25) is 5.02 Å². The number of halogens is 1. The number of carbonyl (C=O) groups excluding carboxylic acids is 3. The van der Waals surface area contributed by atoms with Crippen LogP contribution in [-0.2, 0) is 19.3 Å². The summed E-state index contributed by atoms with van der Waals surface area (Å²) in [6.07, 6.45) is 0. The quantitative estimate of drug-likeness (QED) is 0.597. The maximum atomic E-state index is 14.0. The van der Waals surface area contributed by atoms with Crippen LogP contribution in [0.5, 0.6) is 0 Å². The number of hydrogen-bond donors (Lipinski definition) is 1. The molecule has 6 nitrogen and oxygen atoms in total. The van der Waals surface area contributed by atoms with Gasteiger partial charge in [0.2, 0.25) is 16.7 Å². The van der Waals surface area contributed by atoms with Gasteiger partial charge in [0.05, 0.1) is 11.4 Å². The number of rotatable bonds is 4. The first-order valence-corrected chi connectivity index (χ1v) is 11.8. The number of carbonyl (C=O) groups is 3. The van der Waals surface area contributed by atoms with Crippen LogP contribution in [0.15, 0.2) is 72.8 Å². The molecule has 5 rings (SSSR count). The number of para-hydroxylation sites is 1. The minimum atomic E-state index is -1.24. The molecular weight excluding hydrogens is 458 g/mol. The highest BCUT2D eigenvalue weighted by Gasteiger charge is 2.61. The fourth-order valence-electron chi connectivity index (χ4n) is 4.39. The summed E-state index contributed by atoms with van der Waals surface area (Å²) in [7, 11) is 0. The largest absolute Gasteiger partial charge is 0.324 e. The number of nitrogens with zero attached hydrogens (tertiary/aromatic N) is 2. The molecule has 0 bridgehead atoms. The highest BCUT2D eigenvalue weighted by atomic mass is 35.5. The number of thioether (sulfide) groups is 1. The van der Waals surface area contributed by atoms with Crippen LogP contribution in [0, 0.1) is 6.92 Å². The van der Waals surface area contributed by atoms with Crippen LogP contribution in [0.25, 0.3) is 0 Å². The van der Waals surface area contributed by atoms with Crippen molar-refractivity contribution in [3.63, 3.8) is 0 Å². The molecule has 1 unspecified atom stereocenters. The van der Waals surface area contributed by atoms with Crippen molar-refractivity contribution in [2.45, 2.75) is 11.8 Å². The van der Waals surface area contributed by atoms with Gasteiger partial charge in [-0.25, -0.2) is 0 Å². The van der Waals surface area contributed by atoms with Crippen LogP contribution in [0.1, 0.15) is 11.1 Å². The summed E-state index contributed by atoms with van der Waals surface area (Å²) in [6, 6.07) is 21.7. The molecule has 2 heterocycles.